The molecule has 1 aromatic heterocycles. The molecule has 1 heterocycles. The number of nitrogens with zero attached hydrogens (tertiary/aromatic N) is 2. The average molecular weight is 276 g/mol. The third-order valence-electron chi connectivity index (χ3n) is 3.32. The molecule has 0 bridgehead atoms. The Balaban J connectivity index is 2.08. The minimum Gasteiger partial charge on any atom is -0.497 e. The van der Waals surface area contributed by atoms with Crippen LogP contribution >= 0.6 is 0 Å². The van der Waals surface area contributed by atoms with Crippen LogP contribution in [0.15, 0.2) is 30.6 Å². The number of hydrogen-bond donors (Lipinski definition) is 1. The van der Waals surface area contributed by atoms with Gasteiger partial charge in [-0.1, -0.05) is 0 Å². The number of hydrogen-bond acceptors (Lipinski definition) is 4. The largest absolute Gasteiger partial charge is 0.497 e. The monoisotopic (exact) mass is 276 g/mol. The third kappa shape index (κ3) is 3.30. The van der Waals surface area contributed by atoms with Crippen LogP contribution in [-0.4, -0.2) is 28.9 Å². The zero-order valence-electron chi connectivity index (χ0n) is 12.0. The summed E-state index contributed by atoms with van der Waals surface area (Å²) in [6.07, 6.45) is 4.40. The minimum atomic E-state index is -0.573. The fraction of sp³-hybridized carbons (Fsp3) is 0.400. The molecule has 0 saturated heterocycles. The van der Waals surface area contributed by atoms with Crippen LogP contribution in [0.2, 0.25) is 0 Å². The van der Waals surface area contributed by atoms with Gasteiger partial charge in [0.2, 0.25) is 0 Å². The second-order valence-corrected chi connectivity index (χ2v) is 4.65. The van der Waals surface area contributed by atoms with E-state index in [-0.39, 0.29) is 0 Å². The zero-order chi connectivity index (χ0) is 14.5. The lowest BCUT2D eigenvalue weighted by Gasteiger charge is -2.14. The smallest absolute Gasteiger partial charge is 0.122 e. The van der Waals surface area contributed by atoms with E-state index >= 15 is 0 Å². The van der Waals surface area contributed by atoms with Crippen molar-refractivity contribution in [2.45, 2.75) is 18.9 Å². The number of methoxy groups -OCH3 is 2. The lowest BCUT2D eigenvalue weighted by molar-refractivity contribution is 0.166. The number of imidazole rings is 1. The summed E-state index contributed by atoms with van der Waals surface area (Å²) >= 11 is 0. The molecule has 0 aliphatic heterocycles. The van der Waals surface area contributed by atoms with Gasteiger partial charge in [-0.3, -0.25) is 0 Å². The molecule has 0 aliphatic carbocycles. The Morgan fingerprint density at radius 2 is 1.85 bits per heavy atom. The number of aliphatic hydroxyl groups is 1. The predicted molar refractivity (Wildman–Crippen MR) is 76.0 cm³/mol. The molecule has 1 atom stereocenters. The molecular weight excluding hydrogens is 256 g/mol. The zero-order valence-corrected chi connectivity index (χ0v) is 12.0. The second-order valence-electron chi connectivity index (χ2n) is 4.65. The van der Waals surface area contributed by atoms with Gasteiger partial charge in [-0.2, -0.15) is 0 Å². The van der Waals surface area contributed by atoms with Gasteiger partial charge in [0.1, 0.15) is 17.3 Å². The number of ether oxygens (including phenoxy) is 2. The van der Waals surface area contributed by atoms with Gasteiger partial charge in [0, 0.05) is 31.9 Å². The van der Waals surface area contributed by atoms with E-state index in [4.69, 9.17) is 9.47 Å². The van der Waals surface area contributed by atoms with E-state index in [0.717, 1.165) is 11.4 Å². The van der Waals surface area contributed by atoms with Crippen molar-refractivity contribution < 1.29 is 14.6 Å². The molecule has 0 spiro atoms. The Labute approximate surface area is 118 Å². The summed E-state index contributed by atoms with van der Waals surface area (Å²) in [6.45, 7) is 0. The van der Waals surface area contributed by atoms with Crippen molar-refractivity contribution in [2.24, 2.45) is 7.05 Å². The molecule has 5 nitrogen and oxygen atoms in total. The van der Waals surface area contributed by atoms with Crippen LogP contribution in [0.4, 0.5) is 0 Å². The maximum atomic E-state index is 10.3. The quantitative estimate of drug-likeness (QED) is 0.878. The van der Waals surface area contributed by atoms with E-state index < -0.39 is 6.10 Å². The van der Waals surface area contributed by atoms with Crippen molar-refractivity contribution in [3.63, 3.8) is 0 Å². The molecule has 0 amide bonds. The molecule has 0 saturated carbocycles. The van der Waals surface area contributed by atoms with E-state index in [0.29, 0.717) is 24.3 Å². The summed E-state index contributed by atoms with van der Waals surface area (Å²) < 4.78 is 12.4. The van der Waals surface area contributed by atoms with Crippen molar-refractivity contribution in [2.75, 3.05) is 14.2 Å². The average Bonchev–Trinajstić information content (AvgIpc) is 2.89. The molecule has 0 radical (unpaired) electrons. The molecule has 108 valence electrons. The van der Waals surface area contributed by atoms with Crippen molar-refractivity contribution in [3.8, 4) is 11.5 Å². The predicted octanol–water partition coefficient (Wildman–Crippen LogP) is 2.10. The molecule has 20 heavy (non-hydrogen) atoms. The molecule has 2 rings (SSSR count). The van der Waals surface area contributed by atoms with Crippen LogP contribution in [0, 0.1) is 0 Å². The Bertz CT molecular complexity index is 544. The van der Waals surface area contributed by atoms with E-state index in [9.17, 15) is 5.11 Å². The first-order valence-corrected chi connectivity index (χ1v) is 6.51. The first kappa shape index (κ1) is 14.4. The highest BCUT2D eigenvalue weighted by atomic mass is 16.5. The lowest BCUT2D eigenvalue weighted by Crippen LogP contribution is -2.04. The van der Waals surface area contributed by atoms with Gasteiger partial charge in [-0.05, 0) is 24.1 Å². The van der Waals surface area contributed by atoms with Gasteiger partial charge in [0.15, 0.2) is 0 Å². The Morgan fingerprint density at radius 3 is 2.35 bits per heavy atom. The highest BCUT2D eigenvalue weighted by Gasteiger charge is 2.12. The molecule has 0 aliphatic rings. The fourth-order valence-electron chi connectivity index (χ4n) is 2.09. The maximum Gasteiger partial charge on any atom is 0.122 e. The van der Waals surface area contributed by atoms with Gasteiger partial charge >= 0.3 is 0 Å². The summed E-state index contributed by atoms with van der Waals surface area (Å²) in [5.41, 5.74) is 0.787. The topological polar surface area (TPSA) is 56.5 Å². The van der Waals surface area contributed by atoms with Gasteiger partial charge in [0.25, 0.3) is 0 Å². The van der Waals surface area contributed by atoms with Crippen molar-refractivity contribution in [1.29, 1.82) is 0 Å². The summed E-state index contributed by atoms with van der Waals surface area (Å²) in [6, 6.07) is 5.44. The van der Waals surface area contributed by atoms with Crippen molar-refractivity contribution >= 4 is 0 Å². The number of benzene rings is 1. The SMILES string of the molecule is COc1cc(OC)cc(C(O)CCc2nccn2C)c1. The van der Waals surface area contributed by atoms with Crippen LogP contribution in [0.5, 0.6) is 11.5 Å². The van der Waals surface area contributed by atoms with E-state index in [1.807, 2.05) is 29.9 Å². The fourth-order valence-corrected chi connectivity index (χ4v) is 2.09. The van der Waals surface area contributed by atoms with Crippen molar-refractivity contribution in [3.05, 3.63) is 42.0 Å². The van der Waals surface area contributed by atoms with E-state index in [1.54, 1.807) is 26.5 Å². The van der Waals surface area contributed by atoms with Gasteiger partial charge < -0.3 is 19.1 Å². The standard InChI is InChI=1S/C15H20N2O3/c1-17-7-6-16-15(17)5-4-14(18)11-8-12(19-2)10-13(9-11)20-3/h6-10,14,18H,4-5H2,1-3H3. The summed E-state index contributed by atoms with van der Waals surface area (Å²) in [4.78, 5) is 4.25. The second kappa shape index (κ2) is 6.43. The lowest BCUT2D eigenvalue weighted by atomic mass is 10.0. The third-order valence-corrected chi connectivity index (χ3v) is 3.32. The highest BCUT2D eigenvalue weighted by Crippen LogP contribution is 2.28. The van der Waals surface area contributed by atoms with Crippen LogP contribution in [0.25, 0.3) is 0 Å². The molecule has 2 aromatic rings. The van der Waals surface area contributed by atoms with Crippen molar-refractivity contribution in [1.82, 2.24) is 9.55 Å². The Morgan fingerprint density at radius 1 is 1.20 bits per heavy atom. The summed E-state index contributed by atoms with van der Waals surface area (Å²) in [5.74, 6) is 2.31. The number of rotatable bonds is 6. The highest BCUT2D eigenvalue weighted by molar-refractivity contribution is 5.39. The van der Waals surface area contributed by atoms with Crippen LogP contribution in [-0.2, 0) is 13.5 Å². The Hall–Kier alpha value is -2.01. The van der Waals surface area contributed by atoms with Gasteiger partial charge in [-0.25, -0.2) is 4.98 Å². The Kier molecular flexibility index (Phi) is 4.63. The normalized spacial score (nSPS) is 12.2. The van der Waals surface area contributed by atoms with Gasteiger partial charge in [-0.15, -0.1) is 0 Å². The van der Waals surface area contributed by atoms with Crippen LogP contribution in [0.3, 0.4) is 0 Å². The number of aliphatic hydroxyl groups excluding tert-OH is 1. The number of aromatic nitrogens is 2. The first-order chi connectivity index (χ1) is 9.63. The molecule has 0 fully saturated rings. The first-order valence-electron chi connectivity index (χ1n) is 6.51. The van der Waals surface area contributed by atoms with Gasteiger partial charge in [0.05, 0.1) is 20.3 Å². The summed E-state index contributed by atoms with van der Waals surface area (Å²) in [7, 11) is 5.14. The van der Waals surface area contributed by atoms with Crippen LogP contribution in [0.1, 0.15) is 23.9 Å². The molecular formula is C15H20N2O3. The maximum absolute atomic E-state index is 10.3. The molecule has 1 N–H and O–H groups in total. The molecule has 1 unspecified atom stereocenters. The minimum absolute atomic E-state index is 0.573. The van der Waals surface area contributed by atoms with Crippen LogP contribution < -0.4 is 9.47 Å². The summed E-state index contributed by atoms with van der Waals surface area (Å²) in [5, 5.41) is 10.3. The molecule has 1 aromatic carbocycles. The molecule has 5 heteroatoms. The number of aryl methyl sites for hydroxylation is 2. The van der Waals surface area contributed by atoms with E-state index in [2.05, 4.69) is 4.98 Å². The van der Waals surface area contributed by atoms with E-state index in [1.165, 1.54) is 0 Å².